The second-order valence-electron chi connectivity index (χ2n) is 6.72. The molecule has 0 radical (unpaired) electrons. The van der Waals surface area contributed by atoms with Crippen molar-refractivity contribution in [1.82, 2.24) is 9.62 Å². The summed E-state index contributed by atoms with van der Waals surface area (Å²) < 4.78 is 27.8. The van der Waals surface area contributed by atoms with Crippen molar-refractivity contribution >= 4 is 28.3 Å². The zero-order valence-corrected chi connectivity index (χ0v) is 17.2. The molecule has 0 aromatic heterocycles. The molecule has 1 aliphatic heterocycles. The van der Waals surface area contributed by atoms with E-state index in [0.29, 0.717) is 18.7 Å². The summed E-state index contributed by atoms with van der Waals surface area (Å²) in [5.74, 6) is -0.162. The molecule has 1 heterocycles. The summed E-state index contributed by atoms with van der Waals surface area (Å²) in [6, 6.07) is 15.5. The minimum Gasteiger partial charge on any atom is -0.334 e. The Morgan fingerprint density at radius 2 is 1.86 bits per heavy atom. The first-order valence-corrected chi connectivity index (χ1v) is 10.6. The summed E-state index contributed by atoms with van der Waals surface area (Å²) in [5.41, 5.74) is 7.04. The highest BCUT2D eigenvalue weighted by molar-refractivity contribution is 7.89. The number of rotatable bonds is 6. The summed E-state index contributed by atoms with van der Waals surface area (Å²) in [6.07, 6.45) is 2.89. The Bertz CT molecular complexity index is 891. The normalized spacial score (nSPS) is 17.0. The molecule has 1 atom stereocenters. The van der Waals surface area contributed by atoms with E-state index in [2.05, 4.69) is 4.72 Å². The molecular formula is C20H26ClN3O3S. The second kappa shape index (κ2) is 10.0. The van der Waals surface area contributed by atoms with Crippen molar-refractivity contribution in [2.45, 2.75) is 36.7 Å². The minimum absolute atomic E-state index is 0. The maximum atomic E-state index is 12.9. The number of nitrogens with zero attached hydrogens (tertiary/aromatic N) is 1. The Hall–Kier alpha value is -1.93. The summed E-state index contributed by atoms with van der Waals surface area (Å²) in [4.78, 5) is 14.7. The molecular weight excluding hydrogens is 398 g/mol. The second-order valence-corrected chi connectivity index (χ2v) is 8.49. The van der Waals surface area contributed by atoms with Gasteiger partial charge in [-0.25, -0.2) is 13.1 Å². The average molecular weight is 424 g/mol. The van der Waals surface area contributed by atoms with Gasteiger partial charge < -0.3 is 10.6 Å². The van der Waals surface area contributed by atoms with Crippen molar-refractivity contribution in [3.05, 3.63) is 65.7 Å². The lowest BCUT2D eigenvalue weighted by atomic mass is 10.0. The van der Waals surface area contributed by atoms with E-state index < -0.39 is 10.0 Å². The first kappa shape index (κ1) is 22.4. The maximum absolute atomic E-state index is 12.9. The number of amides is 1. The van der Waals surface area contributed by atoms with E-state index in [-0.39, 0.29) is 35.8 Å². The molecule has 1 aliphatic rings. The number of nitrogens with two attached hydrogens (primary N) is 1. The average Bonchev–Trinajstić information content (AvgIpc) is 2.72. The van der Waals surface area contributed by atoms with Gasteiger partial charge in [-0.3, -0.25) is 4.79 Å². The predicted molar refractivity (Wildman–Crippen MR) is 112 cm³/mol. The molecule has 2 aromatic rings. The molecule has 0 aliphatic carbocycles. The van der Waals surface area contributed by atoms with Crippen molar-refractivity contribution in [3.63, 3.8) is 0 Å². The number of hydrogen-bond acceptors (Lipinski definition) is 4. The SMILES string of the molecule is Cl.NCC1CCCCN1C(=O)c1cccc(S(=O)(=O)NCc2ccccc2)c1. The molecule has 0 saturated carbocycles. The molecule has 28 heavy (non-hydrogen) atoms. The van der Waals surface area contributed by atoms with Crippen LogP contribution in [0.25, 0.3) is 0 Å². The van der Waals surface area contributed by atoms with Gasteiger partial charge in [-0.05, 0) is 43.0 Å². The standard InChI is InChI=1S/C20H25N3O3S.ClH/c21-14-18-10-4-5-12-23(18)20(24)17-9-6-11-19(13-17)27(25,26)22-15-16-7-2-1-3-8-16;/h1-3,6-9,11,13,18,22H,4-5,10,12,14-15,21H2;1H. The molecule has 1 saturated heterocycles. The number of halogens is 1. The van der Waals surface area contributed by atoms with Crippen molar-refractivity contribution in [2.75, 3.05) is 13.1 Å². The van der Waals surface area contributed by atoms with Gasteiger partial charge in [-0.15, -0.1) is 12.4 Å². The zero-order chi connectivity index (χ0) is 19.3. The number of carbonyl (C=O) groups excluding carboxylic acids is 1. The molecule has 8 heteroatoms. The fourth-order valence-corrected chi connectivity index (χ4v) is 4.40. The fraction of sp³-hybridized carbons (Fsp3) is 0.350. The number of carbonyl (C=O) groups is 1. The molecule has 0 spiro atoms. The first-order valence-electron chi connectivity index (χ1n) is 9.16. The van der Waals surface area contributed by atoms with Crippen LogP contribution in [-0.4, -0.2) is 38.4 Å². The maximum Gasteiger partial charge on any atom is 0.254 e. The Morgan fingerprint density at radius 1 is 1.11 bits per heavy atom. The molecule has 1 unspecified atom stereocenters. The van der Waals surface area contributed by atoms with Crippen LogP contribution in [-0.2, 0) is 16.6 Å². The lowest BCUT2D eigenvalue weighted by molar-refractivity contribution is 0.0623. The Morgan fingerprint density at radius 3 is 2.57 bits per heavy atom. The number of likely N-dealkylation sites (tertiary alicyclic amines) is 1. The lowest BCUT2D eigenvalue weighted by Gasteiger charge is -2.35. The highest BCUT2D eigenvalue weighted by Crippen LogP contribution is 2.20. The first-order chi connectivity index (χ1) is 13.0. The Kier molecular flexibility index (Phi) is 8.00. The predicted octanol–water partition coefficient (Wildman–Crippen LogP) is 2.54. The van der Waals surface area contributed by atoms with Crippen molar-refractivity contribution in [3.8, 4) is 0 Å². The third-order valence-corrected chi connectivity index (χ3v) is 6.26. The number of benzene rings is 2. The molecule has 3 N–H and O–H groups in total. The lowest BCUT2D eigenvalue weighted by Crippen LogP contribution is -2.47. The molecule has 1 amide bonds. The van der Waals surface area contributed by atoms with E-state index in [1.807, 2.05) is 30.3 Å². The van der Waals surface area contributed by atoms with Gasteiger partial charge in [0.25, 0.3) is 5.91 Å². The summed E-state index contributed by atoms with van der Waals surface area (Å²) in [7, 11) is -3.71. The number of sulfonamides is 1. The van der Waals surface area contributed by atoms with Gasteiger partial charge in [-0.2, -0.15) is 0 Å². The monoisotopic (exact) mass is 423 g/mol. The number of hydrogen-bond donors (Lipinski definition) is 2. The highest BCUT2D eigenvalue weighted by atomic mass is 35.5. The molecule has 3 rings (SSSR count). The van der Waals surface area contributed by atoms with E-state index in [1.165, 1.54) is 12.1 Å². The van der Waals surface area contributed by atoms with E-state index in [4.69, 9.17) is 5.73 Å². The van der Waals surface area contributed by atoms with Crippen molar-refractivity contribution < 1.29 is 13.2 Å². The van der Waals surface area contributed by atoms with Crippen LogP contribution in [0.5, 0.6) is 0 Å². The van der Waals surface area contributed by atoms with Gasteiger partial charge in [0.1, 0.15) is 0 Å². The number of piperidine rings is 1. The zero-order valence-electron chi connectivity index (χ0n) is 15.6. The third-order valence-electron chi connectivity index (χ3n) is 4.86. The van der Waals surface area contributed by atoms with Gasteiger partial charge in [0, 0.05) is 31.2 Å². The van der Waals surface area contributed by atoms with E-state index >= 15 is 0 Å². The van der Waals surface area contributed by atoms with Gasteiger partial charge in [0.05, 0.1) is 4.90 Å². The molecule has 152 valence electrons. The van der Waals surface area contributed by atoms with Gasteiger partial charge in [0.2, 0.25) is 10.0 Å². The number of nitrogens with one attached hydrogen (secondary N) is 1. The van der Waals surface area contributed by atoms with Crippen molar-refractivity contribution in [2.24, 2.45) is 5.73 Å². The van der Waals surface area contributed by atoms with Gasteiger partial charge >= 0.3 is 0 Å². The molecule has 0 bridgehead atoms. The highest BCUT2D eigenvalue weighted by Gasteiger charge is 2.27. The largest absolute Gasteiger partial charge is 0.334 e. The van der Waals surface area contributed by atoms with Crippen LogP contribution in [0.2, 0.25) is 0 Å². The van der Waals surface area contributed by atoms with Crippen molar-refractivity contribution in [1.29, 1.82) is 0 Å². The molecule has 2 aromatic carbocycles. The summed E-state index contributed by atoms with van der Waals surface area (Å²) >= 11 is 0. The van der Waals surface area contributed by atoms with Crippen LogP contribution >= 0.6 is 12.4 Å². The molecule has 1 fully saturated rings. The summed E-state index contributed by atoms with van der Waals surface area (Å²) in [5, 5.41) is 0. The fourth-order valence-electron chi connectivity index (χ4n) is 3.33. The van der Waals surface area contributed by atoms with Crippen LogP contribution < -0.4 is 10.5 Å². The van der Waals surface area contributed by atoms with Gasteiger partial charge in [0.15, 0.2) is 0 Å². The van der Waals surface area contributed by atoms with E-state index in [0.717, 1.165) is 24.8 Å². The summed E-state index contributed by atoms with van der Waals surface area (Å²) in [6.45, 7) is 1.27. The van der Waals surface area contributed by atoms with Crippen LogP contribution in [0, 0.1) is 0 Å². The van der Waals surface area contributed by atoms with Crippen LogP contribution in [0.3, 0.4) is 0 Å². The quantitative estimate of drug-likeness (QED) is 0.746. The Labute approximate surface area is 172 Å². The van der Waals surface area contributed by atoms with Crippen LogP contribution in [0.15, 0.2) is 59.5 Å². The minimum atomic E-state index is -3.71. The third kappa shape index (κ3) is 5.32. The Balaban J connectivity index is 0.00000280. The smallest absolute Gasteiger partial charge is 0.254 e. The van der Waals surface area contributed by atoms with E-state index in [1.54, 1.807) is 17.0 Å². The van der Waals surface area contributed by atoms with Crippen LogP contribution in [0.4, 0.5) is 0 Å². The van der Waals surface area contributed by atoms with E-state index in [9.17, 15) is 13.2 Å². The topological polar surface area (TPSA) is 92.5 Å². The van der Waals surface area contributed by atoms with Gasteiger partial charge in [-0.1, -0.05) is 36.4 Å². The molecule has 6 nitrogen and oxygen atoms in total. The van der Waals surface area contributed by atoms with Crippen LogP contribution in [0.1, 0.15) is 35.2 Å².